The predicted molar refractivity (Wildman–Crippen MR) is 68.5 cm³/mol. The van der Waals surface area contributed by atoms with Crippen molar-refractivity contribution in [2.45, 2.75) is 57.2 Å². The Morgan fingerprint density at radius 2 is 2.00 bits per heavy atom. The maximum atomic E-state index is 13.9. The Bertz CT molecular complexity index is 342. The van der Waals surface area contributed by atoms with Gasteiger partial charge in [-0.1, -0.05) is 38.7 Å². The van der Waals surface area contributed by atoms with Gasteiger partial charge in [-0.2, -0.15) is 0 Å². The lowest BCUT2D eigenvalue weighted by Crippen LogP contribution is -2.47. The van der Waals surface area contributed by atoms with Crippen molar-refractivity contribution in [3.8, 4) is 0 Å². The van der Waals surface area contributed by atoms with Gasteiger partial charge in [-0.15, -0.1) is 0 Å². The number of rotatable bonds is 3. The Hall–Kier alpha value is -0.700. The summed E-state index contributed by atoms with van der Waals surface area (Å²) in [6.07, 6.45) is 8.07. The summed E-state index contributed by atoms with van der Waals surface area (Å²) in [6, 6.07) is 0. The molecular weight excluding hydrogens is 234 g/mol. The Morgan fingerprint density at radius 1 is 1.33 bits per heavy atom. The first-order chi connectivity index (χ1) is 8.58. The molecule has 0 aromatic carbocycles. The zero-order chi connectivity index (χ0) is 13.2. The molecule has 0 aliphatic heterocycles. The molecule has 102 valence electrons. The molecule has 2 unspecified atom stereocenters. The van der Waals surface area contributed by atoms with Crippen molar-refractivity contribution >= 4 is 0 Å². The summed E-state index contributed by atoms with van der Waals surface area (Å²) in [6.45, 7) is 2.17. The summed E-state index contributed by atoms with van der Waals surface area (Å²) in [5.74, 6) is -0.312. The third-order valence-electron chi connectivity index (χ3n) is 4.46. The molecule has 2 aliphatic carbocycles. The van der Waals surface area contributed by atoms with E-state index in [9.17, 15) is 13.9 Å². The summed E-state index contributed by atoms with van der Waals surface area (Å²) < 4.78 is 27.2. The molecule has 0 aromatic rings. The third-order valence-corrected chi connectivity index (χ3v) is 4.46. The van der Waals surface area contributed by atoms with Crippen LogP contribution in [0.5, 0.6) is 0 Å². The van der Waals surface area contributed by atoms with Crippen LogP contribution in [-0.4, -0.2) is 16.9 Å². The first-order valence-corrected chi connectivity index (χ1v) is 6.99. The van der Waals surface area contributed by atoms with Gasteiger partial charge in [0.2, 0.25) is 0 Å². The van der Waals surface area contributed by atoms with E-state index in [-0.39, 0.29) is 5.92 Å². The fourth-order valence-corrected chi connectivity index (χ4v) is 3.35. The highest BCUT2D eigenvalue weighted by atomic mass is 19.2. The lowest BCUT2D eigenvalue weighted by Gasteiger charge is -2.41. The summed E-state index contributed by atoms with van der Waals surface area (Å²) in [7, 11) is 0. The highest BCUT2D eigenvalue weighted by Crippen LogP contribution is 2.43. The molecular formula is C15H22F2O. The summed E-state index contributed by atoms with van der Waals surface area (Å²) in [5, 5.41) is 10.4. The molecule has 2 rings (SSSR count). The highest BCUT2D eigenvalue weighted by Gasteiger charge is 2.46. The lowest BCUT2D eigenvalue weighted by molar-refractivity contribution is -0.0525. The minimum Gasteiger partial charge on any atom is -0.382 e. The van der Waals surface area contributed by atoms with Crippen LogP contribution in [0.25, 0.3) is 0 Å². The molecule has 0 bridgehead atoms. The minimum absolute atomic E-state index is 0.156. The monoisotopic (exact) mass is 256 g/mol. The van der Waals surface area contributed by atoms with E-state index in [0.29, 0.717) is 5.92 Å². The third kappa shape index (κ3) is 2.51. The molecule has 0 heterocycles. The topological polar surface area (TPSA) is 20.2 Å². The van der Waals surface area contributed by atoms with Crippen LogP contribution in [0.2, 0.25) is 0 Å². The van der Waals surface area contributed by atoms with Gasteiger partial charge in [0.05, 0.1) is 0 Å². The van der Waals surface area contributed by atoms with Crippen molar-refractivity contribution in [3.63, 3.8) is 0 Å². The molecule has 2 aliphatic rings. The van der Waals surface area contributed by atoms with E-state index in [1.807, 2.05) is 0 Å². The number of allylic oxidation sites excluding steroid dienone is 2. The van der Waals surface area contributed by atoms with Crippen LogP contribution in [0.3, 0.4) is 0 Å². The van der Waals surface area contributed by atoms with Crippen molar-refractivity contribution < 1.29 is 13.9 Å². The van der Waals surface area contributed by atoms with Gasteiger partial charge >= 0.3 is 0 Å². The van der Waals surface area contributed by atoms with Gasteiger partial charge in [0, 0.05) is 0 Å². The molecule has 18 heavy (non-hydrogen) atoms. The zero-order valence-electron chi connectivity index (χ0n) is 10.9. The van der Waals surface area contributed by atoms with E-state index in [2.05, 4.69) is 6.92 Å². The molecule has 0 saturated heterocycles. The van der Waals surface area contributed by atoms with E-state index >= 15 is 0 Å². The number of hydrogen-bond donors (Lipinski definition) is 1. The lowest BCUT2D eigenvalue weighted by atomic mass is 9.69. The second kappa shape index (κ2) is 5.52. The van der Waals surface area contributed by atoms with E-state index in [1.165, 1.54) is 25.0 Å². The second-order valence-corrected chi connectivity index (χ2v) is 5.67. The van der Waals surface area contributed by atoms with Gasteiger partial charge in [-0.25, -0.2) is 8.78 Å². The molecule has 1 nitrogen and oxygen atoms in total. The Morgan fingerprint density at radius 3 is 2.61 bits per heavy atom. The predicted octanol–water partition coefficient (Wildman–Crippen LogP) is 4.09. The van der Waals surface area contributed by atoms with Crippen LogP contribution in [0, 0.1) is 11.8 Å². The normalized spacial score (nSPS) is 40.7. The quantitative estimate of drug-likeness (QED) is 0.806. The smallest absolute Gasteiger partial charge is 0.184 e. The van der Waals surface area contributed by atoms with Crippen LogP contribution in [0.15, 0.2) is 24.1 Å². The van der Waals surface area contributed by atoms with E-state index < -0.39 is 17.6 Å². The molecule has 0 amide bonds. The van der Waals surface area contributed by atoms with Crippen molar-refractivity contribution in [1.29, 1.82) is 0 Å². The van der Waals surface area contributed by atoms with E-state index in [4.69, 9.17) is 0 Å². The van der Waals surface area contributed by atoms with Crippen LogP contribution in [0.1, 0.15) is 45.4 Å². The van der Waals surface area contributed by atoms with Gasteiger partial charge in [0.25, 0.3) is 0 Å². The fraction of sp³-hybridized carbons (Fsp3) is 0.733. The summed E-state index contributed by atoms with van der Waals surface area (Å²) in [5.41, 5.74) is -1.63. The van der Waals surface area contributed by atoms with E-state index in [1.54, 1.807) is 0 Å². The first kappa shape index (κ1) is 13.7. The molecule has 1 fully saturated rings. The molecule has 1 N–H and O–H groups in total. The van der Waals surface area contributed by atoms with Crippen molar-refractivity contribution in [3.05, 3.63) is 24.1 Å². The summed E-state index contributed by atoms with van der Waals surface area (Å²) in [4.78, 5) is 0. The van der Waals surface area contributed by atoms with Crippen LogP contribution in [0.4, 0.5) is 8.78 Å². The van der Waals surface area contributed by atoms with Gasteiger partial charge in [-0.3, -0.25) is 0 Å². The van der Waals surface area contributed by atoms with Crippen LogP contribution < -0.4 is 0 Å². The number of halogens is 2. The van der Waals surface area contributed by atoms with Crippen LogP contribution in [-0.2, 0) is 0 Å². The molecule has 0 aromatic heterocycles. The number of alkyl halides is 1. The summed E-state index contributed by atoms with van der Waals surface area (Å²) >= 11 is 0. The largest absolute Gasteiger partial charge is 0.382 e. The zero-order valence-corrected chi connectivity index (χ0v) is 10.9. The number of hydrogen-bond acceptors (Lipinski definition) is 1. The minimum atomic E-state index is -1.89. The first-order valence-electron chi connectivity index (χ1n) is 6.99. The Balaban J connectivity index is 2.01. The van der Waals surface area contributed by atoms with Gasteiger partial charge < -0.3 is 5.11 Å². The molecule has 0 spiro atoms. The van der Waals surface area contributed by atoms with Gasteiger partial charge in [-0.05, 0) is 36.8 Å². The number of aliphatic hydroxyl groups is 1. The fourth-order valence-electron chi connectivity index (χ4n) is 3.35. The SMILES string of the molecule is CCCC1CCC(C2(O)C=CC=C(F)C2F)CC1. The van der Waals surface area contributed by atoms with Crippen molar-refractivity contribution in [2.24, 2.45) is 11.8 Å². The van der Waals surface area contributed by atoms with Gasteiger partial charge in [0.15, 0.2) is 6.17 Å². The average molecular weight is 256 g/mol. The Kier molecular flexibility index (Phi) is 4.21. The van der Waals surface area contributed by atoms with Crippen LogP contribution >= 0.6 is 0 Å². The maximum absolute atomic E-state index is 13.9. The molecule has 1 saturated carbocycles. The molecule has 0 radical (unpaired) electrons. The van der Waals surface area contributed by atoms with Crippen molar-refractivity contribution in [2.75, 3.05) is 0 Å². The van der Waals surface area contributed by atoms with Crippen molar-refractivity contribution in [1.82, 2.24) is 0 Å². The standard InChI is InChI=1S/C15H22F2O/c1-2-4-11-6-8-12(9-7-11)15(18)10-3-5-13(16)14(15)17/h3,5,10-12,14,18H,2,4,6-9H2,1H3. The average Bonchev–Trinajstić information content (AvgIpc) is 2.37. The molecule has 3 heteroatoms. The Labute approximate surface area is 108 Å². The van der Waals surface area contributed by atoms with Gasteiger partial charge in [0.1, 0.15) is 11.4 Å². The van der Waals surface area contributed by atoms with E-state index in [0.717, 1.165) is 31.8 Å². The second-order valence-electron chi connectivity index (χ2n) is 5.67. The highest BCUT2D eigenvalue weighted by molar-refractivity contribution is 5.28. The molecule has 2 atom stereocenters. The maximum Gasteiger partial charge on any atom is 0.184 e.